The van der Waals surface area contributed by atoms with Crippen LogP contribution in [-0.2, 0) is 23.7 Å². The number of hydrogen-bond acceptors (Lipinski definition) is 3. The first-order chi connectivity index (χ1) is 12.7. The normalized spacial score (nSPS) is 17.9. The highest BCUT2D eigenvalue weighted by Gasteiger charge is 2.36. The van der Waals surface area contributed by atoms with Crippen LogP contribution in [0.3, 0.4) is 0 Å². The molecule has 1 atom stereocenters. The smallest absolute Gasteiger partial charge is 0.372 e. The SMILES string of the molecule is FC(F)(F)c1cc(COC2CCCNC2)cc(C(F)(F)F)c1.c1ccsc1. The van der Waals surface area contributed by atoms with E-state index in [1.807, 2.05) is 22.9 Å². The van der Waals surface area contributed by atoms with Gasteiger partial charge in [-0.2, -0.15) is 37.7 Å². The second kappa shape index (κ2) is 9.57. The number of nitrogens with one attached hydrogen (secondary N) is 1. The Labute approximate surface area is 157 Å². The summed E-state index contributed by atoms with van der Waals surface area (Å²) in [5, 5.41) is 7.14. The van der Waals surface area contributed by atoms with Gasteiger partial charge in [-0.25, -0.2) is 0 Å². The summed E-state index contributed by atoms with van der Waals surface area (Å²) in [6.45, 7) is 1.10. The van der Waals surface area contributed by atoms with Crippen LogP contribution in [0.2, 0.25) is 0 Å². The van der Waals surface area contributed by atoms with Crippen molar-refractivity contribution in [3.05, 3.63) is 57.8 Å². The summed E-state index contributed by atoms with van der Waals surface area (Å²) in [7, 11) is 0. The van der Waals surface area contributed by atoms with Gasteiger partial charge in [0.2, 0.25) is 0 Å². The number of alkyl halides is 6. The molecule has 0 radical (unpaired) electrons. The van der Waals surface area contributed by atoms with Gasteiger partial charge in [0.25, 0.3) is 0 Å². The van der Waals surface area contributed by atoms with E-state index >= 15 is 0 Å². The van der Waals surface area contributed by atoms with E-state index in [-0.39, 0.29) is 24.3 Å². The zero-order valence-corrected chi connectivity index (χ0v) is 15.1. The monoisotopic (exact) mass is 411 g/mol. The predicted molar refractivity (Wildman–Crippen MR) is 91.4 cm³/mol. The largest absolute Gasteiger partial charge is 0.416 e. The Morgan fingerprint density at radius 2 is 1.56 bits per heavy atom. The molecular weight excluding hydrogens is 392 g/mol. The first-order valence-electron chi connectivity index (χ1n) is 8.24. The van der Waals surface area contributed by atoms with Crippen LogP contribution >= 0.6 is 11.3 Å². The van der Waals surface area contributed by atoms with Crippen LogP contribution in [-0.4, -0.2) is 19.2 Å². The van der Waals surface area contributed by atoms with E-state index in [4.69, 9.17) is 4.74 Å². The summed E-state index contributed by atoms with van der Waals surface area (Å²) in [4.78, 5) is 0. The van der Waals surface area contributed by atoms with Crippen LogP contribution in [0.1, 0.15) is 29.5 Å². The number of ether oxygens (including phenoxy) is 1. The molecule has 27 heavy (non-hydrogen) atoms. The first-order valence-corrected chi connectivity index (χ1v) is 9.18. The molecule has 3 rings (SSSR count). The first kappa shape index (κ1) is 21.7. The summed E-state index contributed by atoms with van der Waals surface area (Å²) < 4.78 is 81.7. The van der Waals surface area contributed by atoms with Gasteiger partial charge in [-0.05, 0) is 53.9 Å². The fourth-order valence-corrected chi connectivity index (χ4v) is 2.96. The van der Waals surface area contributed by atoms with Crippen molar-refractivity contribution in [1.82, 2.24) is 5.32 Å². The van der Waals surface area contributed by atoms with Gasteiger partial charge < -0.3 is 10.1 Å². The van der Waals surface area contributed by atoms with Gasteiger partial charge in [-0.1, -0.05) is 12.1 Å². The Kier molecular flexibility index (Phi) is 7.69. The lowest BCUT2D eigenvalue weighted by Crippen LogP contribution is -2.35. The van der Waals surface area contributed by atoms with E-state index in [1.165, 1.54) is 0 Å². The highest BCUT2D eigenvalue weighted by atomic mass is 32.1. The third-order valence-corrected chi connectivity index (χ3v) is 4.44. The van der Waals surface area contributed by atoms with Gasteiger partial charge in [0, 0.05) is 6.54 Å². The highest BCUT2D eigenvalue weighted by Crippen LogP contribution is 2.36. The van der Waals surface area contributed by atoms with Gasteiger partial charge in [0.15, 0.2) is 0 Å². The Balaban J connectivity index is 0.000000451. The van der Waals surface area contributed by atoms with Gasteiger partial charge >= 0.3 is 12.4 Å². The molecule has 0 spiro atoms. The zero-order valence-electron chi connectivity index (χ0n) is 14.2. The van der Waals surface area contributed by atoms with Crippen LogP contribution in [0.15, 0.2) is 41.1 Å². The summed E-state index contributed by atoms with van der Waals surface area (Å²) in [6.07, 6.45) is -8.26. The lowest BCUT2D eigenvalue weighted by molar-refractivity contribution is -0.143. The molecule has 1 aliphatic rings. The van der Waals surface area contributed by atoms with E-state index in [0.29, 0.717) is 18.7 Å². The molecule has 2 aromatic rings. The fourth-order valence-electron chi connectivity index (χ4n) is 2.51. The maximum Gasteiger partial charge on any atom is 0.416 e. The van der Waals surface area contributed by atoms with Gasteiger partial charge in [0.05, 0.1) is 23.8 Å². The number of thiophene rings is 1. The molecule has 1 unspecified atom stereocenters. The maximum absolute atomic E-state index is 12.7. The molecule has 1 saturated heterocycles. The lowest BCUT2D eigenvalue weighted by Gasteiger charge is -2.23. The number of rotatable bonds is 3. The molecule has 0 aliphatic carbocycles. The average molecular weight is 411 g/mol. The Morgan fingerprint density at radius 1 is 0.963 bits per heavy atom. The summed E-state index contributed by atoms with van der Waals surface area (Å²) in [6, 6.07) is 5.55. The molecule has 0 saturated carbocycles. The number of piperidine rings is 1. The standard InChI is InChI=1S/C14H15F6NO.C4H4S/c15-13(16,17)10-4-9(5-11(6-10)14(18,19)20)8-22-12-2-1-3-21-7-12;1-2-4-5-3-1/h4-6,12,21H,1-3,7-8H2;1-4H. The highest BCUT2D eigenvalue weighted by molar-refractivity contribution is 7.07. The Bertz CT molecular complexity index is 629. The van der Waals surface area contributed by atoms with Gasteiger partial charge in [0.1, 0.15) is 0 Å². The van der Waals surface area contributed by atoms with Crippen molar-refractivity contribution in [2.75, 3.05) is 13.1 Å². The Morgan fingerprint density at radius 3 is 1.96 bits per heavy atom. The molecule has 0 bridgehead atoms. The number of hydrogen-bond donors (Lipinski definition) is 1. The minimum Gasteiger partial charge on any atom is -0.372 e. The third kappa shape index (κ3) is 7.51. The molecule has 1 aromatic carbocycles. The zero-order chi connectivity index (χ0) is 19.9. The second-order valence-corrected chi connectivity index (χ2v) is 6.80. The quantitative estimate of drug-likeness (QED) is 0.651. The van der Waals surface area contributed by atoms with Crippen LogP contribution < -0.4 is 5.32 Å². The summed E-state index contributed by atoms with van der Waals surface area (Å²) in [5.74, 6) is 0. The van der Waals surface area contributed by atoms with Crippen LogP contribution in [0.5, 0.6) is 0 Å². The van der Waals surface area contributed by atoms with E-state index < -0.39 is 23.5 Å². The van der Waals surface area contributed by atoms with Crippen molar-refractivity contribution >= 4 is 11.3 Å². The molecule has 2 nitrogen and oxygen atoms in total. The van der Waals surface area contributed by atoms with Crippen molar-refractivity contribution in [1.29, 1.82) is 0 Å². The minimum atomic E-state index is -4.83. The molecule has 1 aromatic heterocycles. The molecule has 0 amide bonds. The molecule has 1 fully saturated rings. The van der Waals surface area contributed by atoms with Gasteiger partial charge in [-0.15, -0.1) is 0 Å². The second-order valence-electron chi connectivity index (χ2n) is 5.99. The van der Waals surface area contributed by atoms with Crippen molar-refractivity contribution in [3.8, 4) is 0 Å². The van der Waals surface area contributed by atoms with E-state index in [1.54, 1.807) is 11.3 Å². The third-order valence-electron chi connectivity index (χ3n) is 3.81. The van der Waals surface area contributed by atoms with Gasteiger partial charge in [-0.3, -0.25) is 0 Å². The average Bonchev–Trinajstić information content (AvgIpc) is 3.19. The van der Waals surface area contributed by atoms with Crippen molar-refractivity contribution in [3.63, 3.8) is 0 Å². The maximum atomic E-state index is 12.7. The van der Waals surface area contributed by atoms with Crippen LogP contribution in [0, 0.1) is 0 Å². The lowest BCUT2D eigenvalue weighted by atomic mass is 10.0. The topological polar surface area (TPSA) is 21.3 Å². The number of benzene rings is 1. The van der Waals surface area contributed by atoms with E-state index in [0.717, 1.165) is 19.4 Å². The van der Waals surface area contributed by atoms with Crippen molar-refractivity contribution in [2.45, 2.75) is 37.9 Å². The van der Waals surface area contributed by atoms with Crippen LogP contribution in [0.4, 0.5) is 26.3 Å². The van der Waals surface area contributed by atoms with Crippen molar-refractivity contribution < 1.29 is 31.1 Å². The molecule has 2 heterocycles. The number of halogens is 6. The molecule has 9 heteroatoms. The Hall–Kier alpha value is -1.58. The summed E-state index contributed by atoms with van der Waals surface area (Å²) >= 11 is 1.71. The molecule has 1 N–H and O–H groups in total. The minimum absolute atomic E-state index is 0.117. The molecular formula is C18H19F6NOS. The van der Waals surface area contributed by atoms with E-state index in [2.05, 4.69) is 5.32 Å². The molecule has 1 aliphatic heterocycles. The predicted octanol–water partition coefficient (Wildman–Crippen LogP) is 5.74. The van der Waals surface area contributed by atoms with Crippen molar-refractivity contribution in [2.24, 2.45) is 0 Å². The van der Waals surface area contributed by atoms with Crippen LogP contribution in [0.25, 0.3) is 0 Å². The van der Waals surface area contributed by atoms with E-state index in [9.17, 15) is 26.3 Å². The fraction of sp³-hybridized carbons (Fsp3) is 0.444. The molecule has 150 valence electrons. The summed E-state index contributed by atoms with van der Waals surface area (Å²) in [5.41, 5.74) is -2.77.